The summed E-state index contributed by atoms with van der Waals surface area (Å²) in [6.07, 6.45) is 2.31. The molecule has 0 unspecified atom stereocenters. The average molecular weight is 258 g/mol. The minimum Gasteiger partial charge on any atom is -0.492 e. The number of pyridine rings is 1. The van der Waals surface area contributed by atoms with E-state index in [2.05, 4.69) is 4.98 Å². The molecule has 0 atom stereocenters. The molecule has 0 spiro atoms. The molecule has 0 aliphatic carbocycles. The van der Waals surface area contributed by atoms with E-state index in [0.29, 0.717) is 18.7 Å². The summed E-state index contributed by atoms with van der Waals surface area (Å²) in [5, 5.41) is 9.04. The summed E-state index contributed by atoms with van der Waals surface area (Å²) in [5.74, 6) is -0.753. The van der Waals surface area contributed by atoms with E-state index in [4.69, 9.17) is 15.6 Å². The van der Waals surface area contributed by atoms with E-state index in [1.807, 2.05) is 18.2 Å². The highest BCUT2D eigenvalue weighted by molar-refractivity contribution is 5.91. The van der Waals surface area contributed by atoms with E-state index in [0.717, 1.165) is 5.69 Å². The van der Waals surface area contributed by atoms with E-state index in [9.17, 15) is 4.79 Å². The highest BCUT2D eigenvalue weighted by Gasteiger charge is 2.11. The van der Waals surface area contributed by atoms with Crippen LogP contribution in [0.15, 0.2) is 42.6 Å². The van der Waals surface area contributed by atoms with Gasteiger partial charge in [-0.05, 0) is 24.3 Å². The van der Waals surface area contributed by atoms with Gasteiger partial charge >= 0.3 is 5.97 Å². The predicted octanol–water partition coefficient (Wildman–Crippen LogP) is 1.98. The number of carbonyl (C=O) groups is 1. The number of nitrogens with zero attached hydrogens (tertiary/aromatic N) is 1. The number of rotatable bonds is 5. The maximum Gasteiger partial charge on any atom is 0.339 e. The molecule has 0 fully saturated rings. The number of ether oxygens (including phenoxy) is 1. The Morgan fingerprint density at radius 3 is 2.84 bits per heavy atom. The van der Waals surface area contributed by atoms with Crippen LogP contribution in [0.4, 0.5) is 5.69 Å². The van der Waals surface area contributed by atoms with Crippen molar-refractivity contribution in [2.75, 3.05) is 12.3 Å². The summed E-state index contributed by atoms with van der Waals surface area (Å²) in [6.45, 7) is 0.348. The number of aromatic carboxylic acids is 1. The van der Waals surface area contributed by atoms with Crippen molar-refractivity contribution >= 4 is 11.7 Å². The van der Waals surface area contributed by atoms with Gasteiger partial charge in [-0.1, -0.05) is 6.07 Å². The Hall–Kier alpha value is -2.56. The van der Waals surface area contributed by atoms with Gasteiger partial charge in [-0.2, -0.15) is 0 Å². The Balaban J connectivity index is 2.03. The molecule has 1 aromatic heterocycles. The molecule has 0 saturated heterocycles. The first-order chi connectivity index (χ1) is 9.16. The van der Waals surface area contributed by atoms with Crippen LogP contribution in [0.25, 0.3) is 0 Å². The fourth-order valence-corrected chi connectivity index (χ4v) is 1.65. The van der Waals surface area contributed by atoms with Gasteiger partial charge in [-0.15, -0.1) is 0 Å². The molecule has 0 bridgehead atoms. The van der Waals surface area contributed by atoms with Gasteiger partial charge in [0, 0.05) is 30.1 Å². The highest BCUT2D eigenvalue weighted by atomic mass is 16.5. The van der Waals surface area contributed by atoms with Gasteiger partial charge in [0.25, 0.3) is 0 Å². The van der Waals surface area contributed by atoms with Crippen molar-refractivity contribution in [2.24, 2.45) is 0 Å². The smallest absolute Gasteiger partial charge is 0.339 e. The normalized spacial score (nSPS) is 10.1. The number of anilines is 1. The highest BCUT2D eigenvalue weighted by Crippen LogP contribution is 2.22. The molecule has 2 aromatic rings. The molecule has 0 saturated carbocycles. The zero-order chi connectivity index (χ0) is 13.7. The fourth-order valence-electron chi connectivity index (χ4n) is 1.65. The van der Waals surface area contributed by atoms with Crippen molar-refractivity contribution in [1.29, 1.82) is 0 Å². The van der Waals surface area contributed by atoms with Crippen LogP contribution in [0.5, 0.6) is 5.75 Å². The second-order valence-electron chi connectivity index (χ2n) is 3.98. The third kappa shape index (κ3) is 3.45. The van der Waals surface area contributed by atoms with Gasteiger partial charge < -0.3 is 15.6 Å². The number of carboxylic acids is 1. The Morgan fingerprint density at radius 1 is 1.32 bits per heavy atom. The molecule has 2 rings (SSSR count). The molecule has 0 amide bonds. The van der Waals surface area contributed by atoms with Crippen LogP contribution in [0.1, 0.15) is 16.1 Å². The van der Waals surface area contributed by atoms with E-state index < -0.39 is 5.97 Å². The first-order valence-corrected chi connectivity index (χ1v) is 5.82. The summed E-state index contributed by atoms with van der Waals surface area (Å²) in [7, 11) is 0. The molecular weight excluding hydrogens is 244 g/mol. The third-order valence-corrected chi connectivity index (χ3v) is 2.58. The van der Waals surface area contributed by atoms with Crippen LogP contribution in [-0.4, -0.2) is 22.7 Å². The molecular formula is C14H14N2O3. The molecule has 5 heteroatoms. The zero-order valence-electron chi connectivity index (χ0n) is 10.2. The van der Waals surface area contributed by atoms with Crippen molar-refractivity contribution in [2.45, 2.75) is 6.42 Å². The van der Waals surface area contributed by atoms with Crippen molar-refractivity contribution in [3.8, 4) is 5.75 Å². The monoisotopic (exact) mass is 258 g/mol. The van der Waals surface area contributed by atoms with Crippen molar-refractivity contribution in [1.82, 2.24) is 4.98 Å². The second-order valence-corrected chi connectivity index (χ2v) is 3.98. The number of hydrogen-bond donors (Lipinski definition) is 2. The van der Waals surface area contributed by atoms with Crippen LogP contribution in [-0.2, 0) is 6.42 Å². The molecule has 98 valence electrons. The van der Waals surface area contributed by atoms with Crippen LogP contribution < -0.4 is 10.5 Å². The van der Waals surface area contributed by atoms with Gasteiger partial charge in [0.15, 0.2) is 0 Å². The summed E-state index contributed by atoms with van der Waals surface area (Å²) in [4.78, 5) is 15.2. The van der Waals surface area contributed by atoms with Crippen LogP contribution in [0, 0.1) is 0 Å². The number of carboxylic acid groups (broad SMARTS) is 1. The lowest BCUT2D eigenvalue weighted by Gasteiger charge is -2.09. The van der Waals surface area contributed by atoms with Gasteiger partial charge in [-0.25, -0.2) is 4.79 Å². The molecule has 5 nitrogen and oxygen atoms in total. The lowest BCUT2D eigenvalue weighted by Crippen LogP contribution is -2.07. The largest absolute Gasteiger partial charge is 0.492 e. The minimum absolute atomic E-state index is 0.107. The standard InChI is InChI=1S/C14H14N2O3/c15-10-4-5-12(14(17)18)13(9-10)19-8-6-11-3-1-2-7-16-11/h1-5,7,9H,6,8,15H2,(H,17,18). The lowest BCUT2D eigenvalue weighted by molar-refractivity contribution is 0.0692. The number of nitrogen functional groups attached to an aromatic ring is 1. The summed E-state index contributed by atoms with van der Waals surface area (Å²) >= 11 is 0. The van der Waals surface area contributed by atoms with Crippen molar-refractivity contribution < 1.29 is 14.6 Å². The van der Waals surface area contributed by atoms with Gasteiger partial charge in [0.05, 0.1) is 6.61 Å². The molecule has 19 heavy (non-hydrogen) atoms. The first kappa shape index (κ1) is 12.9. The van der Waals surface area contributed by atoms with Gasteiger partial charge in [0.2, 0.25) is 0 Å². The van der Waals surface area contributed by atoms with Crippen molar-refractivity contribution in [3.05, 3.63) is 53.9 Å². The Morgan fingerprint density at radius 2 is 2.16 bits per heavy atom. The number of aromatic nitrogens is 1. The van der Waals surface area contributed by atoms with E-state index >= 15 is 0 Å². The zero-order valence-corrected chi connectivity index (χ0v) is 10.2. The summed E-state index contributed by atoms with van der Waals surface area (Å²) in [6, 6.07) is 10.1. The van der Waals surface area contributed by atoms with Crippen LogP contribution >= 0.6 is 0 Å². The Labute approximate surface area is 110 Å². The third-order valence-electron chi connectivity index (χ3n) is 2.58. The molecule has 3 N–H and O–H groups in total. The predicted molar refractivity (Wildman–Crippen MR) is 71.2 cm³/mol. The Kier molecular flexibility index (Phi) is 3.97. The van der Waals surface area contributed by atoms with Crippen LogP contribution in [0.3, 0.4) is 0 Å². The molecule has 0 aliphatic rings. The number of benzene rings is 1. The summed E-state index contributed by atoms with van der Waals surface area (Å²) in [5.41, 5.74) is 7.09. The second kappa shape index (κ2) is 5.86. The van der Waals surface area contributed by atoms with Gasteiger partial charge in [0.1, 0.15) is 11.3 Å². The number of nitrogens with two attached hydrogens (primary N) is 1. The lowest BCUT2D eigenvalue weighted by atomic mass is 10.2. The first-order valence-electron chi connectivity index (χ1n) is 5.82. The molecule has 0 aliphatic heterocycles. The quantitative estimate of drug-likeness (QED) is 0.801. The SMILES string of the molecule is Nc1ccc(C(=O)O)c(OCCc2ccccn2)c1. The summed E-state index contributed by atoms with van der Waals surface area (Å²) < 4.78 is 5.48. The van der Waals surface area contributed by atoms with Crippen molar-refractivity contribution in [3.63, 3.8) is 0 Å². The Bertz CT molecular complexity index is 570. The van der Waals surface area contributed by atoms with E-state index in [1.54, 1.807) is 6.20 Å². The number of hydrogen-bond acceptors (Lipinski definition) is 4. The average Bonchev–Trinajstić information content (AvgIpc) is 2.39. The molecule has 1 heterocycles. The molecule has 0 radical (unpaired) electrons. The molecule has 1 aromatic carbocycles. The van der Waals surface area contributed by atoms with E-state index in [1.165, 1.54) is 18.2 Å². The fraction of sp³-hybridized carbons (Fsp3) is 0.143. The van der Waals surface area contributed by atoms with Gasteiger partial charge in [-0.3, -0.25) is 4.98 Å². The topological polar surface area (TPSA) is 85.4 Å². The van der Waals surface area contributed by atoms with Crippen LogP contribution in [0.2, 0.25) is 0 Å². The minimum atomic E-state index is -1.03. The maximum absolute atomic E-state index is 11.0. The maximum atomic E-state index is 11.0. The van der Waals surface area contributed by atoms with E-state index in [-0.39, 0.29) is 11.3 Å².